The Kier molecular flexibility index (Phi) is 5.09. The van der Waals surface area contributed by atoms with Gasteiger partial charge in [-0.3, -0.25) is 14.7 Å². The van der Waals surface area contributed by atoms with Gasteiger partial charge in [0.25, 0.3) is 0 Å². The molecule has 0 atom stereocenters. The molecule has 0 aliphatic carbocycles. The smallest absolute Gasteiger partial charge is 0.304 e. The summed E-state index contributed by atoms with van der Waals surface area (Å²) < 4.78 is 5.34. The second kappa shape index (κ2) is 6.35. The second-order valence-electron chi connectivity index (χ2n) is 4.43. The summed E-state index contributed by atoms with van der Waals surface area (Å²) in [5.74, 6) is 0.0691. The molecule has 0 fully saturated rings. The van der Waals surface area contributed by atoms with E-state index in [0.717, 1.165) is 22.6 Å². The molecule has 1 aromatic rings. The van der Waals surface area contributed by atoms with Crippen LogP contribution in [0.1, 0.15) is 23.2 Å². The van der Waals surface area contributed by atoms with Gasteiger partial charge < -0.3 is 9.84 Å². The van der Waals surface area contributed by atoms with Crippen molar-refractivity contribution >= 4 is 5.97 Å². The fraction of sp³-hybridized carbons (Fsp3) is 0.538. The second-order valence-corrected chi connectivity index (χ2v) is 4.43. The fourth-order valence-corrected chi connectivity index (χ4v) is 1.85. The molecule has 5 heteroatoms. The Labute approximate surface area is 107 Å². The summed E-state index contributed by atoms with van der Waals surface area (Å²) in [5, 5.41) is 8.64. The first kappa shape index (κ1) is 14.4. The molecule has 0 spiro atoms. The van der Waals surface area contributed by atoms with Crippen LogP contribution in [-0.2, 0) is 11.3 Å². The average Bonchev–Trinajstić information content (AvgIpc) is 2.31. The van der Waals surface area contributed by atoms with Crippen molar-refractivity contribution in [1.29, 1.82) is 0 Å². The predicted octanol–water partition coefficient (Wildman–Crippen LogP) is 1.61. The standard InChI is InChI=1S/C13H20N2O3/c1-9-7-14-11(10(2)13(9)18-4)8-15(3)6-5-12(16)17/h7H,5-6,8H2,1-4H3,(H,16,17). The predicted molar refractivity (Wildman–Crippen MR) is 68.8 cm³/mol. The van der Waals surface area contributed by atoms with E-state index in [1.54, 1.807) is 13.3 Å². The summed E-state index contributed by atoms with van der Waals surface area (Å²) in [4.78, 5) is 16.8. The number of ether oxygens (including phenoxy) is 1. The summed E-state index contributed by atoms with van der Waals surface area (Å²) in [5.41, 5.74) is 2.94. The monoisotopic (exact) mass is 252 g/mol. The number of aromatic nitrogens is 1. The molecule has 0 amide bonds. The number of hydrogen-bond donors (Lipinski definition) is 1. The Morgan fingerprint density at radius 2 is 2.17 bits per heavy atom. The van der Waals surface area contributed by atoms with Crippen LogP contribution in [0.15, 0.2) is 6.20 Å². The van der Waals surface area contributed by atoms with Gasteiger partial charge in [-0.25, -0.2) is 0 Å². The van der Waals surface area contributed by atoms with Gasteiger partial charge in [0.05, 0.1) is 19.2 Å². The van der Waals surface area contributed by atoms with E-state index in [2.05, 4.69) is 4.98 Å². The minimum absolute atomic E-state index is 0.137. The van der Waals surface area contributed by atoms with Crippen LogP contribution in [0.2, 0.25) is 0 Å². The van der Waals surface area contributed by atoms with E-state index in [1.807, 2.05) is 25.8 Å². The maximum absolute atomic E-state index is 10.5. The van der Waals surface area contributed by atoms with Crippen molar-refractivity contribution in [3.63, 3.8) is 0 Å². The molecule has 100 valence electrons. The largest absolute Gasteiger partial charge is 0.496 e. The van der Waals surface area contributed by atoms with Crippen LogP contribution in [0, 0.1) is 13.8 Å². The Morgan fingerprint density at radius 3 is 2.72 bits per heavy atom. The maximum atomic E-state index is 10.5. The summed E-state index contributed by atoms with van der Waals surface area (Å²) in [6, 6.07) is 0. The molecular weight excluding hydrogens is 232 g/mol. The highest BCUT2D eigenvalue weighted by atomic mass is 16.5. The number of methoxy groups -OCH3 is 1. The Morgan fingerprint density at radius 1 is 1.50 bits per heavy atom. The van der Waals surface area contributed by atoms with Gasteiger partial charge in [0.1, 0.15) is 5.75 Å². The number of nitrogens with zero attached hydrogens (tertiary/aromatic N) is 2. The molecule has 1 aromatic heterocycles. The molecule has 1 rings (SSSR count). The number of hydrogen-bond acceptors (Lipinski definition) is 4. The van der Waals surface area contributed by atoms with Crippen LogP contribution in [0.25, 0.3) is 0 Å². The normalized spacial score (nSPS) is 10.7. The van der Waals surface area contributed by atoms with Crippen LogP contribution in [0.4, 0.5) is 0 Å². The van der Waals surface area contributed by atoms with Crippen molar-refractivity contribution < 1.29 is 14.6 Å². The molecule has 0 radical (unpaired) electrons. The van der Waals surface area contributed by atoms with Crippen molar-refractivity contribution in [2.24, 2.45) is 0 Å². The lowest BCUT2D eigenvalue weighted by atomic mass is 10.1. The number of aryl methyl sites for hydroxylation is 1. The van der Waals surface area contributed by atoms with Crippen molar-refractivity contribution in [2.45, 2.75) is 26.8 Å². The van der Waals surface area contributed by atoms with Crippen molar-refractivity contribution in [1.82, 2.24) is 9.88 Å². The third kappa shape index (κ3) is 3.70. The Balaban J connectivity index is 2.75. The molecule has 0 bridgehead atoms. The van der Waals surface area contributed by atoms with Crippen LogP contribution >= 0.6 is 0 Å². The van der Waals surface area contributed by atoms with E-state index >= 15 is 0 Å². The molecule has 0 aliphatic heterocycles. The Hall–Kier alpha value is -1.62. The van der Waals surface area contributed by atoms with Crippen LogP contribution in [0.5, 0.6) is 5.75 Å². The highest BCUT2D eigenvalue weighted by molar-refractivity contribution is 5.66. The van der Waals surface area contributed by atoms with Gasteiger partial charge in [-0.05, 0) is 20.9 Å². The molecule has 0 unspecified atom stereocenters. The van der Waals surface area contributed by atoms with Crippen molar-refractivity contribution in [2.75, 3.05) is 20.7 Å². The lowest BCUT2D eigenvalue weighted by molar-refractivity contribution is -0.137. The lowest BCUT2D eigenvalue weighted by Crippen LogP contribution is -2.22. The van der Waals surface area contributed by atoms with Gasteiger partial charge >= 0.3 is 5.97 Å². The van der Waals surface area contributed by atoms with Gasteiger partial charge in [0.15, 0.2) is 0 Å². The molecule has 18 heavy (non-hydrogen) atoms. The quantitative estimate of drug-likeness (QED) is 0.833. The zero-order valence-corrected chi connectivity index (χ0v) is 11.4. The molecule has 5 nitrogen and oxygen atoms in total. The van der Waals surface area contributed by atoms with E-state index in [-0.39, 0.29) is 6.42 Å². The van der Waals surface area contributed by atoms with Crippen LogP contribution < -0.4 is 4.74 Å². The zero-order valence-electron chi connectivity index (χ0n) is 11.4. The molecule has 0 aliphatic rings. The van der Waals surface area contributed by atoms with Gasteiger partial charge in [-0.15, -0.1) is 0 Å². The summed E-state index contributed by atoms with van der Waals surface area (Å²) in [6.45, 7) is 5.05. The Bertz CT molecular complexity index is 432. The van der Waals surface area contributed by atoms with Gasteiger partial charge in [-0.2, -0.15) is 0 Å². The van der Waals surface area contributed by atoms with E-state index in [4.69, 9.17) is 9.84 Å². The first-order valence-corrected chi connectivity index (χ1v) is 5.85. The number of carboxylic acids is 1. The van der Waals surface area contributed by atoms with E-state index < -0.39 is 5.97 Å². The third-order valence-electron chi connectivity index (χ3n) is 2.88. The highest BCUT2D eigenvalue weighted by Gasteiger charge is 2.11. The maximum Gasteiger partial charge on any atom is 0.304 e. The first-order valence-electron chi connectivity index (χ1n) is 5.85. The van der Waals surface area contributed by atoms with Crippen LogP contribution in [0.3, 0.4) is 0 Å². The van der Waals surface area contributed by atoms with Gasteiger partial charge in [0, 0.05) is 30.4 Å². The third-order valence-corrected chi connectivity index (χ3v) is 2.88. The SMILES string of the molecule is COc1c(C)cnc(CN(C)CCC(=O)O)c1C. The van der Waals surface area contributed by atoms with E-state index in [9.17, 15) is 4.79 Å². The van der Waals surface area contributed by atoms with Crippen molar-refractivity contribution in [3.8, 4) is 5.75 Å². The minimum atomic E-state index is -0.784. The molecule has 0 saturated heterocycles. The number of rotatable bonds is 6. The van der Waals surface area contributed by atoms with Crippen molar-refractivity contribution in [3.05, 3.63) is 23.0 Å². The zero-order chi connectivity index (χ0) is 13.7. The number of carbonyl (C=O) groups is 1. The van der Waals surface area contributed by atoms with Crippen LogP contribution in [-0.4, -0.2) is 41.7 Å². The minimum Gasteiger partial charge on any atom is -0.496 e. The molecule has 0 aromatic carbocycles. The summed E-state index contributed by atoms with van der Waals surface area (Å²) in [6.07, 6.45) is 1.92. The summed E-state index contributed by atoms with van der Waals surface area (Å²) >= 11 is 0. The molecule has 1 heterocycles. The lowest BCUT2D eigenvalue weighted by Gasteiger charge is -2.18. The van der Waals surface area contributed by atoms with E-state index in [1.165, 1.54) is 0 Å². The van der Waals surface area contributed by atoms with Gasteiger partial charge in [-0.1, -0.05) is 0 Å². The number of carboxylic acid groups (broad SMARTS) is 1. The first-order chi connectivity index (χ1) is 8.45. The molecule has 1 N–H and O–H groups in total. The number of aliphatic carboxylic acids is 1. The topological polar surface area (TPSA) is 62.7 Å². The highest BCUT2D eigenvalue weighted by Crippen LogP contribution is 2.24. The number of pyridine rings is 1. The average molecular weight is 252 g/mol. The van der Waals surface area contributed by atoms with E-state index in [0.29, 0.717) is 13.1 Å². The molecule has 0 saturated carbocycles. The molecular formula is C13H20N2O3. The summed E-state index contributed by atoms with van der Waals surface area (Å²) in [7, 11) is 3.53. The van der Waals surface area contributed by atoms with Gasteiger partial charge in [0.2, 0.25) is 0 Å². The fourth-order valence-electron chi connectivity index (χ4n) is 1.85.